The number of hydrogen-bond donors (Lipinski definition) is 1. The average Bonchev–Trinajstić information content (AvgIpc) is 3.11. The predicted molar refractivity (Wildman–Crippen MR) is 86.8 cm³/mol. The molecule has 0 spiro atoms. The van der Waals surface area contributed by atoms with Crippen LogP contribution in [0.2, 0.25) is 0 Å². The van der Waals surface area contributed by atoms with Gasteiger partial charge in [0.05, 0.1) is 0 Å². The largest absolute Gasteiger partial charge is 0.347 e. The topological polar surface area (TPSA) is 90.0 Å². The lowest BCUT2D eigenvalue weighted by Crippen LogP contribution is -2.28. The van der Waals surface area contributed by atoms with Gasteiger partial charge in [0, 0.05) is 42.8 Å². The van der Waals surface area contributed by atoms with Gasteiger partial charge in [0.15, 0.2) is 0 Å². The maximum absolute atomic E-state index is 12.3. The minimum Gasteiger partial charge on any atom is -0.347 e. The molecule has 1 aliphatic carbocycles. The third-order valence-corrected chi connectivity index (χ3v) is 4.15. The van der Waals surface area contributed by atoms with Crippen molar-refractivity contribution in [1.82, 2.24) is 34.4 Å². The number of aryl methyl sites for hydroxylation is 2. The van der Waals surface area contributed by atoms with E-state index in [0.29, 0.717) is 24.8 Å². The standard InChI is InChI=1S/C16H19N7O/c1-10-9-11(2)23-16(19-10)20-13(21-23)15(24)18-6-8-22-7-5-17-14(22)12-3-4-12/h5,7,9,12H,3-4,6,8H2,1-2H3,(H,18,24). The number of rotatable bonds is 5. The SMILES string of the molecule is Cc1cc(C)n2nc(C(=O)NCCn3ccnc3C3CC3)nc2n1. The Hall–Kier alpha value is -2.77. The molecule has 8 heteroatoms. The van der Waals surface area contributed by atoms with Crippen LogP contribution in [0.5, 0.6) is 0 Å². The molecule has 0 radical (unpaired) electrons. The summed E-state index contributed by atoms with van der Waals surface area (Å²) in [6.45, 7) is 5.01. The number of amides is 1. The fraction of sp³-hybridized carbons (Fsp3) is 0.438. The summed E-state index contributed by atoms with van der Waals surface area (Å²) in [6, 6.07) is 1.90. The molecule has 0 aliphatic heterocycles. The molecule has 124 valence electrons. The van der Waals surface area contributed by atoms with E-state index < -0.39 is 0 Å². The zero-order valence-electron chi connectivity index (χ0n) is 13.7. The van der Waals surface area contributed by atoms with Crippen LogP contribution in [0.3, 0.4) is 0 Å². The van der Waals surface area contributed by atoms with Gasteiger partial charge in [-0.3, -0.25) is 4.79 Å². The van der Waals surface area contributed by atoms with Crippen LogP contribution >= 0.6 is 0 Å². The van der Waals surface area contributed by atoms with Gasteiger partial charge in [-0.15, -0.1) is 5.10 Å². The molecule has 1 fully saturated rings. The van der Waals surface area contributed by atoms with Crippen LogP contribution in [0.25, 0.3) is 5.78 Å². The quantitative estimate of drug-likeness (QED) is 0.762. The second kappa shape index (κ2) is 5.70. The molecule has 0 saturated heterocycles. The van der Waals surface area contributed by atoms with Crippen LogP contribution in [-0.4, -0.2) is 41.6 Å². The van der Waals surface area contributed by atoms with Crippen molar-refractivity contribution >= 4 is 11.7 Å². The van der Waals surface area contributed by atoms with E-state index in [0.717, 1.165) is 17.2 Å². The average molecular weight is 325 g/mol. The lowest BCUT2D eigenvalue weighted by atomic mass is 10.4. The highest BCUT2D eigenvalue weighted by atomic mass is 16.2. The molecule has 1 amide bonds. The van der Waals surface area contributed by atoms with E-state index in [4.69, 9.17) is 0 Å². The molecule has 1 saturated carbocycles. The summed E-state index contributed by atoms with van der Waals surface area (Å²) in [4.78, 5) is 25.2. The second-order valence-electron chi connectivity index (χ2n) is 6.20. The zero-order chi connectivity index (χ0) is 16.7. The number of hydrogen-bond acceptors (Lipinski definition) is 5. The molecule has 0 aromatic carbocycles. The minimum atomic E-state index is -0.286. The first-order chi connectivity index (χ1) is 11.6. The van der Waals surface area contributed by atoms with Gasteiger partial charge in [0.2, 0.25) is 5.82 Å². The number of fused-ring (bicyclic) bond motifs is 1. The normalized spacial score (nSPS) is 14.2. The third-order valence-electron chi connectivity index (χ3n) is 4.15. The Morgan fingerprint density at radius 1 is 1.33 bits per heavy atom. The molecule has 4 rings (SSSR count). The van der Waals surface area contributed by atoms with E-state index in [2.05, 4.69) is 29.9 Å². The van der Waals surface area contributed by atoms with Crippen LogP contribution in [0.1, 0.15) is 46.6 Å². The molecular formula is C16H19N7O. The first-order valence-electron chi connectivity index (χ1n) is 8.12. The summed E-state index contributed by atoms with van der Waals surface area (Å²) in [5, 5.41) is 7.10. The van der Waals surface area contributed by atoms with Crippen LogP contribution < -0.4 is 5.32 Å². The van der Waals surface area contributed by atoms with Crippen molar-refractivity contribution < 1.29 is 4.79 Å². The Morgan fingerprint density at radius 2 is 2.17 bits per heavy atom. The second-order valence-corrected chi connectivity index (χ2v) is 6.20. The van der Waals surface area contributed by atoms with Crippen LogP contribution in [0.4, 0.5) is 0 Å². The monoisotopic (exact) mass is 325 g/mol. The fourth-order valence-electron chi connectivity index (χ4n) is 2.84. The molecule has 3 aromatic heterocycles. The van der Waals surface area contributed by atoms with Crippen LogP contribution in [-0.2, 0) is 6.54 Å². The summed E-state index contributed by atoms with van der Waals surface area (Å²) in [7, 11) is 0. The Balaban J connectivity index is 1.42. The molecule has 3 aromatic rings. The first kappa shape index (κ1) is 14.8. The Bertz CT molecular complexity index is 906. The Labute approximate surface area is 138 Å². The lowest BCUT2D eigenvalue weighted by molar-refractivity contribution is 0.0942. The summed E-state index contributed by atoms with van der Waals surface area (Å²) in [5.74, 6) is 2.01. The van der Waals surface area contributed by atoms with Crippen molar-refractivity contribution in [3.8, 4) is 0 Å². The number of nitrogens with zero attached hydrogens (tertiary/aromatic N) is 6. The lowest BCUT2D eigenvalue weighted by Gasteiger charge is -2.07. The zero-order valence-corrected chi connectivity index (χ0v) is 13.7. The van der Waals surface area contributed by atoms with E-state index in [1.165, 1.54) is 12.8 Å². The van der Waals surface area contributed by atoms with E-state index in [1.807, 2.05) is 32.3 Å². The van der Waals surface area contributed by atoms with Crippen molar-refractivity contribution in [2.45, 2.75) is 39.2 Å². The van der Waals surface area contributed by atoms with Crippen LogP contribution in [0.15, 0.2) is 18.5 Å². The molecule has 8 nitrogen and oxygen atoms in total. The minimum absolute atomic E-state index is 0.143. The molecule has 1 N–H and O–H groups in total. The summed E-state index contributed by atoms with van der Waals surface area (Å²) in [6.07, 6.45) is 6.19. The van der Waals surface area contributed by atoms with Crippen molar-refractivity contribution in [2.75, 3.05) is 6.54 Å². The maximum Gasteiger partial charge on any atom is 0.291 e. The summed E-state index contributed by atoms with van der Waals surface area (Å²) >= 11 is 0. The van der Waals surface area contributed by atoms with E-state index >= 15 is 0 Å². The van der Waals surface area contributed by atoms with Gasteiger partial charge in [-0.05, 0) is 32.8 Å². The number of carbonyl (C=O) groups is 1. The van der Waals surface area contributed by atoms with Crippen molar-refractivity contribution in [1.29, 1.82) is 0 Å². The summed E-state index contributed by atoms with van der Waals surface area (Å²) < 4.78 is 3.69. The molecule has 3 heterocycles. The highest BCUT2D eigenvalue weighted by Crippen LogP contribution is 2.38. The van der Waals surface area contributed by atoms with Gasteiger partial charge in [-0.25, -0.2) is 14.5 Å². The first-order valence-corrected chi connectivity index (χ1v) is 8.12. The molecule has 0 unspecified atom stereocenters. The Kier molecular flexibility index (Phi) is 3.51. The highest BCUT2D eigenvalue weighted by Gasteiger charge is 2.27. The predicted octanol–water partition coefficient (Wildman–Crippen LogP) is 1.25. The van der Waals surface area contributed by atoms with Crippen LogP contribution in [0, 0.1) is 13.8 Å². The van der Waals surface area contributed by atoms with Crippen molar-refractivity contribution in [3.63, 3.8) is 0 Å². The van der Waals surface area contributed by atoms with Gasteiger partial charge in [0.25, 0.3) is 11.7 Å². The number of imidazole rings is 1. The molecule has 1 aliphatic rings. The number of aromatic nitrogens is 6. The van der Waals surface area contributed by atoms with Gasteiger partial charge in [0.1, 0.15) is 5.82 Å². The smallest absolute Gasteiger partial charge is 0.291 e. The van der Waals surface area contributed by atoms with Gasteiger partial charge in [-0.2, -0.15) is 4.98 Å². The fourth-order valence-corrected chi connectivity index (χ4v) is 2.84. The third kappa shape index (κ3) is 2.75. The summed E-state index contributed by atoms with van der Waals surface area (Å²) in [5.41, 5.74) is 1.75. The van der Waals surface area contributed by atoms with E-state index in [-0.39, 0.29) is 11.7 Å². The van der Waals surface area contributed by atoms with Gasteiger partial charge < -0.3 is 9.88 Å². The number of nitrogens with one attached hydrogen (secondary N) is 1. The molecule has 24 heavy (non-hydrogen) atoms. The molecule has 0 bridgehead atoms. The highest BCUT2D eigenvalue weighted by molar-refractivity contribution is 5.90. The number of carbonyl (C=O) groups excluding carboxylic acids is 1. The Morgan fingerprint density at radius 3 is 2.96 bits per heavy atom. The maximum atomic E-state index is 12.3. The molecule has 0 atom stereocenters. The van der Waals surface area contributed by atoms with Gasteiger partial charge in [-0.1, -0.05) is 0 Å². The van der Waals surface area contributed by atoms with E-state index in [9.17, 15) is 4.79 Å². The van der Waals surface area contributed by atoms with Crippen molar-refractivity contribution in [3.05, 3.63) is 41.5 Å². The van der Waals surface area contributed by atoms with E-state index in [1.54, 1.807) is 4.52 Å². The van der Waals surface area contributed by atoms with Crippen molar-refractivity contribution in [2.24, 2.45) is 0 Å². The molecular weight excluding hydrogens is 306 g/mol. The van der Waals surface area contributed by atoms with Gasteiger partial charge >= 0.3 is 0 Å².